The Kier molecular flexibility index (Phi) is 4.94. The van der Waals surface area contributed by atoms with Gasteiger partial charge in [0.05, 0.1) is 16.2 Å². The van der Waals surface area contributed by atoms with Gasteiger partial charge in [-0.05, 0) is 25.1 Å². The summed E-state index contributed by atoms with van der Waals surface area (Å²) in [6.07, 6.45) is 2.73. The van der Waals surface area contributed by atoms with Crippen molar-refractivity contribution in [1.82, 2.24) is 4.83 Å². The van der Waals surface area contributed by atoms with Crippen molar-refractivity contribution in [3.05, 3.63) is 65.1 Å². The second-order valence-electron chi connectivity index (χ2n) is 6.57. The van der Waals surface area contributed by atoms with E-state index in [0.29, 0.717) is 16.0 Å². The van der Waals surface area contributed by atoms with Crippen LogP contribution in [0.15, 0.2) is 58.8 Å². The highest BCUT2D eigenvalue weighted by molar-refractivity contribution is 7.89. The van der Waals surface area contributed by atoms with E-state index in [0.717, 1.165) is 5.56 Å². The SMILES string of the molecule is Cc1ccc(S(=O)(=O)N/N=C(/c2ccc[n+]([O-])c2)C(C)(C)C)cc1. The highest BCUT2D eigenvalue weighted by Crippen LogP contribution is 2.21. The summed E-state index contributed by atoms with van der Waals surface area (Å²) in [5.74, 6) is 0. The number of aryl methyl sites for hydroxylation is 1. The van der Waals surface area contributed by atoms with Crippen LogP contribution >= 0.6 is 0 Å². The molecule has 1 aromatic carbocycles. The summed E-state index contributed by atoms with van der Waals surface area (Å²) in [4.78, 5) is 2.40. The highest BCUT2D eigenvalue weighted by Gasteiger charge is 2.24. The van der Waals surface area contributed by atoms with E-state index in [2.05, 4.69) is 9.93 Å². The molecule has 0 aliphatic carbocycles. The standard InChI is InChI=1S/C17H21N3O3S/c1-13-7-9-15(10-8-13)24(22,23)19-18-16(17(2,3)4)14-6-5-11-20(21)12-14/h5-12,19H,1-4H3/b18-16-. The molecule has 0 saturated heterocycles. The molecular weight excluding hydrogens is 326 g/mol. The predicted molar refractivity (Wildman–Crippen MR) is 92.9 cm³/mol. The molecule has 0 bridgehead atoms. The van der Waals surface area contributed by atoms with Gasteiger partial charge in [-0.25, -0.2) is 0 Å². The molecule has 2 rings (SSSR count). The van der Waals surface area contributed by atoms with Crippen LogP contribution in [0.5, 0.6) is 0 Å². The number of rotatable bonds is 4. The van der Waals surface area contributed by atoms with E-state index in [1.807, 2.05) is 27.7 Å². The molecule has 1 N–H and O–H groups in total. The van der Waals surface area contributed by atoms with Gasteiger partial charge in [-0.3, -0.25) is 0 Å². The molecule has 128 valence electrons. The summed E-state index contributed by atoms with van der Waals surface area (Å²) in [6, 6.07) is 9.81. The molecule has 0 aliphatic rings. The lowest BCUT2D eigenvalue weighted by atomic mass is 9.86. The van der Waals surface area contributed by atoms with Crippen molar-refractivity contribution in [2.75, 3.05) is 0 Å². The molecule has 24 heavy (non-hydrogen) atoms. The largest absolute Gasteiger partial charge is 0.619 e. The van der Waals surface area contributed by atoms with Gasteiger partial charge in [0.25, 0.3) is 10.0 Å². The van der Waals surface area contributed by atoms with E-state index in [-0.39, 0.29) is 4.90 Å². The first-order valence-corrected chi connectivity index (χ1v) is 8.94. The number of nitrogens with one attached hydrogen (secondary N) is 1. The Bertz CT molecular complexity index is 851. The average molecular weight is 347 g/mol. The van der Waals surface area contributed by atoms with E-state index in [4.69, 9.17) is 0 Å². The van der Waals surface area contributed by atoms with Crippen LogP contribution in [-0.2, 0) is 10.0 Å². The Morgan fingerprint density at radius 3 is 2.33 bits per heavy atom. The van der Waals surface area contributed by atoms with Crippen LogP contribution in [0.25, 0.3) is 0 Å². The molecule has 7 heteroatoms. The van der Waals surface area contributed by atoms with Gasteiger partial charge in [-0.1, -0.05) is 38.5 Å². The molecule has 1 heterocycles. The van der Waals surface area contributed by atoms with Gasteiger partial charge in [0.2, 0.25) is 0 Å². The lowest BCUT2D eigenvalue weighted by Gasteiger charge is -2.21. The fourth-order valence-electron chi connectivity index (χ4n) is 2.14. The molecule has 0 radical (unpaired) electrons. The zero-order valence-corrected chi connectivity index (χ0v) is 15.0. The van der Waals surface area contributed by atoms with E-state index in [1.165, 1.54) is 24.5 Å². The Morgan fingerprint density at radius 1 is 1.17 bits per heavy atom. The van der Waals surface area contributed by atoms with E-state index in [9.17, 15) is 13.6 Å². The van der Waals surface area contributed by atoms with Crippen molar-refractivity contribution in [2.45, 2.75) is 32.6 Å². The zero-order chi connectivity index (χ0) is 18.0. The number of pyridine rings is 1. The predicted octanol–water partition coefficient (Wildman–Crippen LogP) is 2.36. The summed E-state index contributed by atoms with van der Waals surface area (Å²) in [5.41, 5.74) is 1.55. The second-order valence-corrected chi connectivity index (χ2v) is 8.23. The lowest BCUT2D eigenvalue weighted by molar-refractivity contribution is -0.605. The van der Waals surface area contributed by atoms with Crippen molar-refractivity contribution in [1.29, 1.82) is 0 Å². The van der Waals surface area contributed by atoms with Gasteiger partial charge in [0, 0.05) is 11.5 Å². The monoisotopic (exact) mass is 347 g/mol. The van der Waals surface area contributed by atoms with Gasteiger partial charge in [0.1, 0.15) is 0 Å². The molecule has 0 amide bonds. The smallest absolute Gasteiger partial charge is 0.276 e. The third-order valence-electron chi connectivity index (χ3n) is 3.37. The van der Waals surface area contributed by atoms with E-state index in [1.54, 1.807) is 24.3 Å². The zero-order valence-electron chi connectivity index (χ0n) is 14.1. The minimum absolute atomic E-state index is 0.136. The van der Waals surface area contributed by atoms with E-state index >= 15 is 0 Å². The molecule has 2 aromatic rings. The van der Waals surface area contributed by atoms with Gasteiger partial charge >= 0.3 is 0 Å². The quantitative estimate of drug-likeness (QED) is 0.399. The van der Waals surface area contributed by atoms with Crippen LogP contribution in [0.4, 0.5) is 0 Å². The molecule has 0 spiro atoms. The third-order valence-corrected chi connectivity index (χ3v) is 4.59. The first kappa shape index (κ1) is 17.9. The second kappa shape index (κ2) is 6.60. The molecule has 0 fully saturated rings. The first-order chi connectivity index (χ1) is 11.1. The Hall–Kier alpha value is -2.41. The van der Waals surface area contributed by atoms with Crippen LogP contribution in [0.3, 0.4) is 0 Å². The molecule has 0 unspecified atom stereocenters. The summed E-state index contributed by atoms with van der Waals surface area (Å²) in [6.45, 7) is 7.57. The minimum atomic E-state index is -3.77. The molecule has 6 nitrogen and oxygen atoms in total. The number of sulfonamides is 1. The summed E-state index contributed by atoms with van der Waals surface area (Å²) in [5, 5.41) is 15.6. The number of hydrogen-bond donors (Lipinski definition) is 1. The maximum atomic E-state index is 12.4. The van der Waals surface area contributed by atoms with Gasteiger partial charge in [-0.2, -0.15) is 23.1 Å². The van der Waals surface area contributed by atoms with Crippen molar-refractivity contribution in [3.63, 3.8) is 0 Å². The topological polar surface area (TPSA) is 85.5 Å². The van der Waals surface area contributed by atoms with Crippen molar-refractivity contribution < 1.29 is 13.1 Å². The Morgan fingerprint density at radius 2 is 1.79 bits per heavy atom. The number of aromatic nitrogens is 1. The Balaban J connectivity index is 2.39. The van der Waals surface area contributed by atoms with Crippen molar-refractivity contribution in [2.24, 2.45) is 10.5 Å². The van der Waals surface area contributed by atoms with Crippen molar-refractivity contribution in [3.8, 4) is 0 Å². The molecule has 1 aromatic heterocycles. The third kappa shape index (κ3) is 4.32. The van der Waals surface area contributed by atoms with Crippen molar-refractivity contribution >= 4 is 15.7 Å². The summed E-state index contributed by atoms with van der Waals surface area (Å²) >= 11 is 0. The van der Waals surface area contributed by atoms with Crippen LogP contribution in [0.1, 0.15) is 31.9 Å². The number of hydrogen-bond acceptors (Lipinski definition) is 4. The normalized spacial score (nSPS) is 12.9. The van der Waals surface area contributed by atoms with Gasteiger partial charge in [-0.15, -0.1) is 0 Å². The fourth-order valence-corrected chi connectivity index (χ4v) is 2.95. The van der Waals surface area contributed by atoms with Crippen LogP contribution in [0.2, 0.25) is 0 Å². The van der Waals surface area contributed by atoms with Crippen LogP contribution in [-0.4, -0.2) is 14.1 Å². The lowest BCUT2D eigenvalue weighted by Crippen LogP contribution is -2.31. The number of benzene rings is 1. The van der Waals surface area contributed by atoms with E-state index < -0.39 is 15.4 Å². The molecule has 0 saturated carbocycles. The van der Waals surface area contributed by atoms with Gasteiger partial charge < -0.3 is 5.21 Å². The summed E-state index contributed by atoms with van der Waals surface area (Å²) < 4.78 is 25.4. The maximum Gasteiger partial charge on any atom is 0.276 e. The van der Waals surface area contributed by atoms with Gasteiger partial charge in [0.15, 0.2) is 12.4 Å². The molecule has 0 aliphatic heterocycles. The minimum Gasteiger partial charge on any atom is -0.619 e. The maximum absolute atomic E-state index is 12.4. The fraction of sp³-hybridized carbons (Fsp3) is 0.294. The number of hydrazone groups is 1. The first-order valence-electron chi connectivity index (χ1n) is 7.45. The van der Waals surface area contributed by atoms with Crippen LogP contribution in [0, 0.1) is 17.5 Å². The molecular formula is C17H21N3O3S. The summed E-state index contributed by atoms with van der Waals surface area (Å²) in [7, 11) is -3.77. The van der Waals surface area contributed by atoms with Crippen LogP contribution < -0.4 is 9.56 Å². The number of nitrogens with zero attached hydrogens (tertiary/aromatic N) is 2. The average Bonchev–Trinajstić information content (AvgIpc) is 2.46. The highest BCUT2D eigenvalue weighted by atomic mass is 32.2. The Labute approximate surface area is 142 Å². The molecule has 0 atom stereocenters.